The molecule has 10 nitrogen and oxygen atoms in total. The van der Waals surface area contributed by atoms with Crippen LogP contribution in [0.3, 0.4) is 0 Å². The largest absolute Gasteiger partial charge is 0.497 e. The van der Waals surface area contributed by atoms with Crippen LogP contribution in [0.25, 0.3) is 0 Å². The van der Waals surface area contributed by atoms with Crippen molar-refractivity contribution >= 4 is 51.0 Å². The van der Waals surface area contributed by atoms with Gasteiger partial charge in [0.25, 0.3) is 21.8 Å². The zero-order valence-corrected chi connectivity index (χ0v) is 24.9. The zero-order valence-electron chi connectivity index (χ0n) is 23.4. The number of hydrogen-bond acceptors (Lipinski definition) is 7. The van der Waals surface area contributed by atoms with Gasteiger partial charge in [-0.25, -0.2) is 13.8 Å². The summed E-state index contributed by atoms with van der Waals surface area (Å²) in [6, 6.07) is 26.3. The maximum atomic E-state index is 13.5. The van der Waals surface area contributed by atoms with E-state index in [0.29, 0.717) is 22.7 Å². The van der Waals surface area contributed by atoms with Crippen LogP contribution in [0, 0.1) is 6.92 Å². The molecular weight excluding hydrogens is 592 g/mol. The first-order valence-electron chi connectivity index (χ1n) is 13.0. The number of nitrogens with zero attached hydrogens (tertiary/aromatic N) is 2. The van der Waals surface area contributed by atoms with Crippen LogP contribution in [-0.4, -0.2) is 46.7 Å². The molecule has 0 aliphatic rings. The molecule has 2 amide bonds. The van der Waals surface area contributed by atoms with Crippen LogP contribution in [0.1, 0.15) is 11.1 Å². The summed E-state index contributed by atoms with van der Waals surface area (Å²) in [5, 5.41) is 6.85. The van der Waals surface area contributed by atoms with Gasteiger partial charge in [-0.05, 0) is 85.3 Å². The van der Waals surface area contributed by atoms with Gasteiger partial charge in [0.2, 0.25) is 0 Å². The highest BCUT2D eigenvalue weighted by atomic mass is 35.5. The van der Waals surface area contributed by atoms with Crippen LogP contribution < -0.4 is 24.5 Å². The van der Waals surface area contributed by atoms with Crippen LogP contribution in [0.2, 0.25) is 5.02 Å². The molecule has 4 aromatic carbocycles. The molecule has 43 heavy (non-hydrogen) atoms. The zero-order chi connectivity index (χ0) is 30.8. The lowest BCUT2D eigenvalue weighted by atomic mass is 10.2. The average Bonchev–Trinajstić information content (AvgIpc) is 3.00. The molecule has 0 spiro atoms. The molecule has 0 heterocycles. The summed E-state index contributed by atoms with van der Waals surface area (Å²) < 4.78 is 38.5. The number of hydrogen-bond donors (Lipinski definition) is 2. The van der Waals surface area contributed by atoms with Gasteiger partial charge in [0, 0.05) is 5.69 Å². The molecule has 12 heteroatoms. The fourth-order valence-corrected chi connectivity index (χ4v) is 5.53. The van der Waals surface area contributed by atoms with E-state index in [4.69, 9.17) is 21.1 Å². The van der Waals surface area contributed by atoms with E-state index in [1.165, 1.54) is 24.4 Å². The fourth-order valence-electron chi connectivity index (χ4n) is 3.81. The molecule has 2 N–H and O–H groups in total. The highest BCUT2D eigenvalue weighted by Gasteiger charge is 2.28. The van der Waals surface area contributed by atoms with Gasteiger partial charge in [-0.15, -0.1) is 0 Å². The maximum Gasteiger partial charge on any atom is 0.264 e. The van der Waals surface area contributed by atoms with Crippen molar-refractivity contribution < 1.29 is 27.5 Å². The topological polar surface area (TPSA) is 126 Å². The van der Waals surface area contributed by atoms with Crippen molar-refractivity contribution in [2.75, 3.05) is 29.9 Å². The van der Waals surface area contributed by atoms with Crippen molar-refractivity contribution in [2.24, 2.45) is 5.10 Å². The second kappa shape index (κ2) is 14.3. The Hall–Kier alpha value is -4.87. The molecule has 0 aromatic heterocycles. The second-order valence-corrected chi connectivity index (χ2v) is 11.5. The van der Waals surface area contributed by atoms with Gasteiger partial charge in [-0.3, -0.25) is 13.9 Å². The number of carbonyl (C=O) groups is 2. The van der Waals surface area contributed by atoms with E-state index < -0.39 is 22.5 Å². The van der Waals surface area contributed by atoms with E-state index in [9.17, 15) is 18.0 Å². The predicted molar refractivity (Wildman–Crippen MR) is 166 cm³/mol. The Morgan fingerprint density at radius 1 is 0.884 bits per heavy atom. The smallest absolute Gasteiger partial charge is 0.264 e. The molecule has 0 fully saturated rings. The minimum Gasteiger partial charge on any atom is -0.497 e. The monoisotopic (exact) mass is 620 g/mol. The maximum absolute atomic E-state index is 13.5. The Morgan fingerprint density at radius 2 is 1.53 bits per heavy atom. The quantitative estimate of drug-likeness (QED) is 0.169. The summed E-state index contributed by atoms with van der Waals surface area (Å²) >= 11 is 6.30. The van der Waals surface area contributed by atoms with Gasteiger partial charge in [0.15, 0.2) is 6.61 Å². The van der Waals surface area contributed by atoms with Crippen molar-refractivity contribution in [3.63, 3.8) is 0 Å². The van der Waals surface area contributed by atoms with Crippen LogP contribution in [0.4, 0.5) is 11.4 Å². The number of anilines is 2. The second-order valence-electron chi connectivity index (χ2n) is 9.20. The lowest BCUT2D eigenvalue weighted by Gasteiger charge is -2.24. The summed E-state index contributed by atoms with van der Waals surface area (Å²) in [5.74, 6) is 0.147. The van der Waals surface area contributed by atoms with Gasteiger partial charge >= 0.3 is 0 Å². The fraction of sp³-hybridized carbons (Fsp3) is 0.129. The van der Waals surface area contributed by atoms with E-state index >= 15 is 0 Å². The van der Waals surface area contributed by atoms with Gasteiger partial charge in [-0.2, -0.15) is 5.10 Å². The average molecular weight is 621 g/mol. The number of sulfonamides is 1. The van der Waals surface area contributed by atoms with Gasteiger partial charge in [0.05, 0.1) is 28.9 Å². The first-order chi connectivity index (χ1) is 20.7. The molecule has 0 bridgehead atoms. The lowest BCUT2D eigenvalue weighted by Crippen LogP contribution is -2.39. The Kier molecular flexibility index (Phi) is 10.4. The third-order valence-corrected chi connectivity index (χ3v) is 8.14. The molecule has 0 aliphatic heterocycles. The number of para-hydroxylation sites is 1. The summed E-state index contributed by atoms with van der Waals surface area (Å²) in [6.45, 7) is 1.10. The van der Waals surface area contributed by atoms with E-state index in [2.05, 4.69) is 15.8 Å². The number of hydrazone groups is 1. The normalized spacial score (nSPS) is 11.1. The molecule has 0 unspecified atom stereocenters. The number of rotatable bonds is 12. The molecule has 4 aromatic rings. The molecule has 222 valence electrons. The van der Waals surface area contributed by atoms with E-state index in [1.54, 1.807) is 86.0 Å². The first kappa shape index (κ1) is 31.1. The summed E-state index contributed by atoms with van der Waals surface area (Å²) in [7, 11) is -2.55. The highest BCUT2D eigenvalue weighted by molar-refractivity contribution is 7.92. The van der Waals surface area contributed by atoms with Crippen molar-refractivity contribution in [2.45, 2.75) is 11.8 Å². The molecule has 4 rings (SSSR count). The molecule has 0 saturated heterocycles. The lowest BCUT2D eigenvalue weighted by molar-refractivity contribution is -0.119. The predicted octanol–water partition coefficient (Wildman–Crippen LogP) is 5.02. The standard InChI is InChI=1S/C31H29ClN4O6S/c1-22-7-17-27(18-8-22)43(39,40)36(29-6-4-3-5-28(29)32)20-30(37)35-33-19-23-9-13-26(14-10-23)42-21-31(38)34-24-11-15-25(41-2)16-12-24/h3-19H,20-21H2,1-2H3,(H,34,38)(H,35,37)/b33-19-. The minimum atomic E-state index is -4.11. The van der Waals surface area contributed by atoms with Crippen LogP contribution in [0.5, 0.6) is 11.5 Å². The van der Waals surface area contributed by atoms with Gasteiger partial charge in [-0.1, -0.05) is 41.4 Å². The number of carbonyl (C=O) groups excluding carboxylic acids is 2. The molecular formula is C31H29ClN4O6S. The number of aryl methyl sites for hydroxylation is 1. The first-order valence-corrected chi connectivity index (χ1v) is 14.8. The van der Waals surface area contributed by atoms with Gasteiger partial charge < -0.3 is 14.8 Å². The van der Waals surface area contributed by atoms with Crippen LogP contribution in [0.15, 0.2) is 107 Å². The molecule has 0 atom stereocenters. The van der Waals surface area contributed by atoms with Crippen LogP contribution >= 0.6 is 11.6 Å². The number of halogens is 1. The van der Waals surface area contributed by atoms with E-state index in [1.807, 2.05) is 6.92 Å². The van der Waals surface area contributed by atoms with Crippen molar-refractivity contribution in [1.82, 2.24) is 5.43 Å². The Bertz CT molecular complexity index is 1690. The summed E-state index contributed by atoms with van der Waals surface area (Å²) in [4.78, 5) is 25.0. The Balaban J connectivity index is 1.34. The van der Waals surface area contributed by atoms with Crippen LogP contribution in [-0.2, 0) is 19.6 Å². The van der Waals surface area contributed by atoms with E-state index in [0.717, 1.165) is 9.87 Å². The third kappa shape index (κ3) is 8.57. The van der Waals surface area contributed by atoms with Crippen molar-refractivity contribution in [1.29, 1.82) is 0 Å². The molecule has 0 saturated carbocycles. The minimum absolute atomic E-state index is 0.0230. The number of benzene rings is 4. The summed E-state index contributed by atoms with van der Waals surface area (Å²) in [5.41, 5.74) is 4.66. The number of nitrogens with one attached hydrogen (secondary N) is 2. The summed E-state index contributed by atoms with van der Waals surface area (Å²) in [6.07, 6.45) is 1.40. The van der Waals surface area contributed by atoms with Gasteiger partial charge in [0.1, 0.15) is 18.0 Å². The number of amides is 2. The number of methoxy groups -OCH3 is 1. The Labute approximate surface area is 254 Å². The Morgan fingerprint density at radius 3 is 2.19 bits per heavy atom. The van der Waals surface area contributed by atoms with Crippen molar-refractivity contribution in [3.05, 3.63) is 113 Å². The number of ether oxygens (including phenoxy) is 2. The molecule has 0 aliphatic carbocycles. The molecule has 0 radical (unpaired) electrons. The van der Waals surface area contributed by atoms with Crippen molar-refractivity contribution in [3.8, 4) is 11.5 Å². The highest BCUT2D eigenvalue weighted by Crippen LogP contribution is 2.30. The SMILES string of the molecule is COc1ccc(NC(=O)COc2ccc(/C=N\NC(=O)CN(c3ccccc3Cl)S(=O)(=O)c3ccc(C)cc3)cc2)cc1. The third-order valence-electron chi connectivity index (χ3n) is 6.04. The van der Waals surface area contributed by atoms with E-state index in [-0.39, 0.29) is 28.1 Å².